The lowest BCUT2D eigenvalue weighted by Crippen LogP contribution is -2.50. The van der Waals surface area contributed by atoms with Gasteiger partial charge in [-0.25, -0.2) is 34.4 Å². The second-order valence-electron chi connectivity index (χ2n) is 30.7. The zero-order valence-electron chi connectivity index (χ0n) is 70.9. The lowest BCUT2D eigenvalue weighted by molar-refractivity contribution is -0.162. The number of hydrogen-bond acceptors (Lipinski definition) is 26. The van der Waals surface area contributed by atoms with Crippen molar-refractivity contribution in [1.82, 2.24) is 62.9 Å². The lowest BCUT2D eigenvalue weighted by atomic mass is 9.82. The van der Waals surface area contributed by atoms with Gasteiger partial charge in [0.1, 0.15) is 35.1 Å². The molecule has 2 aromatic carbocycles. The third-order valence-corrected chi connectivity index (χ3v) is 23.7. The number of carboxylic acid groups (broad SMARTS) is 4. The third kappa shape index (κ3) is 40.9. The Kier molecular flexibility index (Phi) is 47.8. The Hall–Kier alpha value is -10.7. The summed E-state index contributed by atoms with van der Waals surface area (Å²) in [6, 6.07) is 5.34. The monoisotopic (exact) mass is 1780 g/mol. The number of primary amides is 1. The number of esters is 2. The highest BCUT2D eigenvalue weighted by Gasteiger charge is 2.41. The molecule has 41 heteroatoms. The Morgan fingerprint density at radius 1 is 0.675 bits per heavy atom. The number of thiazole rings is 1. The number of carboxylic acids is 4. The summed E-state index contributed by atoms with van der Waals surface area (Å²) < 4.78 is 16.8. The molecule has 38 nitrogen and oxygen atoms in total. The Balaban J connectivity index is 1.31. The maximum Gasteiger partial charge on any atom is 0.426 e. The van der Waals surface area contributed by atoms with Gasteiger partial charge in [0.2, 0.25) is 29.5 Å². The molecular weight excluding hydrogens is 1660 g/mol. The van der Waals surface area contributed by atoms with E-state index in [1.807, 2.05) is 46.6 Å². The fraction of sp³-hybridized carbons (Fsp3) is 0.610. The van der Waals surface area contributed by atoms with Crippen LogP contribution < -0.4 is 53.8 Å². The molecule has 0 spiro atoms. The summed E-state index contributed by atoms with van der Waals surface area (Å²) >= 11 is 1.02. The largest absolute Gasteiger partial charge is 0.508 e. The minimum Gasteiger partial charge on any atom is -0.508 e. The molecule has 682 valence electrons. The molecule has 1 saturated heterocycles. The molecule has 0 aliphatic carbocycles. The van der Waals surface area contributed by atoms with Gasteiger partial charge in [0, 0.05) is 106 Å². The number of piperidine rings is 1. The van der Waals surface area contributed by atoms with E-state index < -0.39 is 169 Å². The zero-order chi connectivity index (χ0) is 91.3. The van der Waals surface area contributed by atoms with Gasteiger partial charge >= 0.3 is 54.0 Å². The van der Waals surface area contributed by atoms with E-state index in [0.29, 0.717) is 48.8 Å². The summed E-state index contributed by atoms with van der Waals surface area (Å²) in [6.07, 6.45) is 0.688. The van der Waals surface area contributed by atoms with Gasteiger partial charge in [-0.1, -0.05) is 119 Å². The number of aromatic hydroxyl groups is 1. The number of likely N-dealkylation sites (N-methyl/N-ethyl adjacent to an activating group) is 1. The Bertz CT molecular complexity index is 4010. The van der Waals surface area contributed by atoms with Crippen LogP contribution in [0, 0.1) is 29.6 Å². The first kappa shape index (κ1) is 105. The fourth-order valence-corrected chi connectivity index (χ4v) is 16.2. The second kappa shape index (κ2) is 56.2. The molecule has 4 rings (SSSR count). The van der Waals surface area contributed by atoms with Gasteiger partial charge in [-0.2, -0.15) is 0 Å². The topological polar surface area (TPSA) is 573 Å². The number of carbonyl (C=O) groups excluding carboxylic acids is 13. The van der Waals surface area contributed by atoms with Crippen LogP contribution in [0.25, 0.3) is 0 Å². The van der Waals surface area contributed by atoms with Crippen molar-refractivity contribution in [3.05, 3.63) is 81.3 Å². The molecule has 2 heterocycles. The van der Waals surface area contributed by atoms with E-state index in [2.05, 4.69) is 53.1 Å². The summed E-state index contributed by atoms with van der Waals surface area (Å²) in [4.78, 5) is 228. The van der Waals surface area contributed by atoms with E-state index in [-0.39, 0.29) is 161 Å². The van der Waals surface area contributed by atoms with Crippen molar-refractivity contribution in [2.75, 3.05) is 51.5 Å². The van der Waals surface area contributed by atoms with Crippen molar-refractivity contribution in [3.8, 4) is 5.75 Å². The van der Waals surface area contributed by atoms with Gasteiger partial charge in [-0.15, -0.1) is 11.3 Å². The molecular formula is C82H121N13O25S3. The smallest absolute Gasteiger partial charge is 0.426 e. The maximum atomic E-state index is 15.1. The number of aliphatic carboxylic acids is 4. The second-order valence-corrected chi connectivity index (χ2v) is 34.2. The molecule has 0 bridgehead atoms. The number of nitrogens with one attached hydrogen (secondary N) is 9. The predicted octanol–water partition coefficient (Wildman–Crippen LogP) is 6.59. The van der Waals surface area contributed by atoms with Crippen LogP contribution >= 0.6 is 32.9 Å². The number of benzene rings is 2. The Morgan fingerprint density at radius 3 is 1.97 bits per heavy atom. The number of phenols is 1. The van der Waals surface area contributed by atoms with Gasteiger partial charge in [0.25, 0.3) is 5.91 Å². The van der Waals surface area contributed by atoms with Crippen molar-refractivity contribution in [3.63, 3.8) is 0 Å². The third-order valence-electron chi connectivity index (χ3n) is 20.4. The number of rotatable bonds is 58. The first-order valence-corrected chi connectivity index (χ1v) is 44.6. The highest BCUT2D eigenvalue weighted by molar-refractivity contribution is 8.76. The molecule has 0 saturated carbocycles. The zero-order valence-corrected chi connectivity index (χ0v) is 73.3. The summed E-state index contributed by atoms with van der Waals surface area (Å²) in [6.45, 7) is 12.5. The number of amides is 11. The molecule has 11 atom stereocenters. The molecule has 16 N–H and O–H groups in total. The highest BCUT2D eigenvalue weighted by Crippen LogP contribution is 2.35. The van der Waals surface area contributed by atoms with Crippen LogP contribution in [0.1, 0.15) is 215 Å². The van der Waals surface area contributed by atoms with E-state index >= 15 is 4.79 Å². The molecule has 1 aliphatic rings. The summed E-state index contributed by atoms with van der Waals surface area (Å²) in [5.74, 6) is -15.6. The number of likely N-dealkylation sites (tertiary alicyclic amines) is 1. The standard InChI is InChI=1S/C82H121N13O25S3/c1-9-18-72(106)119-47-95(77(110)58(49(5)10-2)42-66(99)63-21-14-16-34-94(63)8)64(48(3)4)43-67(120-51(7)96)76-90-61(45-121-76)75(109)87-56(38-52-28-30-57(97)31-29-52)37-50(6)73(107)92-93-82(117)118-35-36-122-123-46-62(79(113)114)89-74(108)55(41-71(104)105)40-65(98)59(19-11-12-22-68(83)100)88-69(101)39-53-24-26-54(27-25-53)44-86-80(115)84-32-15-13-20-60(78(111)112)91-81(116)85-33-17-23-70(102)103/h24-31,45,48-50,55-56,58-60,62-64,67,97H,9-23,32-44,46-47H2,1-8H3,(H2,83,100)(H,87,109)(H,88,101)(H,89,108)(H,92,107)(H,93,117)(H,102,103)(H,104,105)(H,111,112)(H,113,114)(H2,84,86,115)(H2,85,91,116)/t49?,50-,55-,56+,58-,59-,60-,62-,63+,64+,67+/m0/s1. The molecule has 1 unspecified atom stereocenters. The van der Waals surface area contributed by atoms with Gasteiger partial charge < -0.3 is 87.6 Å². The normalized spacial score (nSPS) is 15.0. The van der Waals surface area contributed by atoms with Crippen LogP contribution in [0.2, 0.25) is 0 Å². The van der Waals surface area contributed by atoms with Crippen molar-refractivity contribution in [2.24, 2.45) is 35.3 Å². The van der Waals surface area contributed by atoms with Crippen molar-refractivity contribution in [1.29, 1.82) is 0 Å². The number of hydrogen-bond donors (Lipinski definition) is 15. The van der Waals surface area contributed by atoms with Gasteiger partial charge in [-0.3, -0.25) is 67.9 Å². The van der Waals surface area contributed by atoms with E-state index in [1.165, 1.54) is 29.3 Å². The van der Waals surface area contributed by atoms with Gasteiger partial charge in [0.15, 0.2) is 24.4 Å². The number of ether oxygens (including phenoxy) is 3. The number of hydrazine groups is 1. The number of nitrogens with zero attached hydrogens (tertiary/aromatic N) is 3. The van der Waals surface area contributed by atoms with E-state index in [4.69, 9.17) is 25.1 Å². The molecule has 1 fully saturated rings. The number of Topliss-reactive ketones (excluding diaryl/α,β-unsaturated/α-hetero) is 2. The molecule has 3 aromatic rings. The van der Waals surface area contributed by atoms with E-state index in [1.54, 1.807) is 43.3 Å². The number of urea groups is 2. The summed E-state index contributed by atoms with van der Waals surface area (Å²) in [5, 5.41) is 67.8. The fourth-order valence-electron chi connectivity index (χ4n) is 13.4. The molecule has 1 aliphatic heterocycles. The quantitative estimate of drug-likeness (QED) is 0.00707. The minimum absolute atomic E-state index is 0.0204. The van der Waals surface area contributed by atoms with Crippen molar-refractivity contribution in [2.45, 2.75) is 239 Å². The number of phenolic OH excluding ortho intramolecular Hbond substituents is 1. The van der Waals surface area contributed by atoms with Crippen molar-refractivity contribution >= 4 is 134 Å². The highest BCUT2D eigenvalue weighted by atomic mass is 33.1. The van der Waals surface area contributed by atoms with Crippen LogP contribution in [0.3, 0.4) is 0 Å². The first-order chi connectivity index (χ1) is 58.4. The molecule has 1 aromatic heterocycles. The average molecular weight is 1790 g/mol. The summed E-state index contributed by atoms with van der Waals surface area (Å²) in [7, 11) is 3.87. The van der Waals surface area contributed by atoms with Gasteiger partial charge in [-0.05, 0) is 125 Å². The molecule has 123 heavy (non-hydrogen) atoms. The molecule has 11 amide bonds. The summed E-state index contributed by atoms with van der Waals surface area (Å²) in [5.41, 5.74) is 11.5. The lowest BCUT2D eigenvalue weighted by Gasteiger charge is -2.39. The SMILES string of the molecule is CCCC(=O)OCN(C(=O)[C@@H](CC(=O)[C@H]1CCCCN1C)C(C)CC)[C@H](C[C@@H](OC(C)=O)c1nc(C(=O)N[C@@H](Cc2ccc(O)cc2)C[C@H](C)C(=O)NNC(=O)OCCSSC[C@H](NC(=O)[C@H](CC(=O)O)CC(=O)[C@H](CCCCC(N)=O)NC(=O)Cc2ccc(CNC(=O)NCCCC[C@H](NC(=O)NCCCC(=O)O)C(=O)O)cc2)C(=O)O)cs1)C(C)C. The number of nitrogens with two attached hydrogens (primary N) is 1. The van der Waals surface area contributed by atoms with Crippen LogP contribution in [-0.2, 0) is 95.9 Å². The van der Waals surface area contributed by atoms with E-state index in [0.717, 1.165) is 52.3 Å². The Morgan fingerprint density at radius 2 is 1.33 bits per heavy atom. The number of unbranched alkanes of at least 4 members (excludes halogenated alkanes) is 2. The van der Waals surface area contributed by atoms with Crippen molar-refractivity contribution < 1.29 is 121 Å². The average Bonchev–Trinajstić information content (AvgIpc) is 1.63. The van der Waals surface area contributed by atoms with Crippen LogP contribution in [0.5, 0.6) is 5.75 Å². The number of carbonyl (C=O) groups is 17. The maximum absolute atomic E-state index is 15.1. The Labute approximate surface area is 726 Å². The van der Waals surface area contributed by atoms with E-state index in [9.17, 15) is 97.1 Å². The van der Waals surface area contributed by atoms with Crippen LogP contribution in [-0.4, -0.2) is 229 Å². The predicted molar refractivity (Wildman–Crippen MR) is 453 cm³/mol. The first-order valence-electron chi connectivity index (χ1n) is 41.2. The van der Waals surface area contributed by atoms with Gasteiger partial charge in [0.05, 0.1) is 30.8 Å². The minimum atomic E-state index is -1.62. The molecule has 0 radical (unpaired) electrons. The number of ketones is 2. The van der Waals surface area contributed by atoms with Crippen LogP contribution in [0.4, 0.5) is 14.4 Å². The van der Waals surface area contributed by atoms with Crippen LogP contribution in [0.15, 0.2) is 53.9 Å². The number of aromatic nitrogens is 1.